The van der Waals surface area contributed by atoms with Crippen LogP contribution in [0.1, 0.15) is 0 Å². The van der Waals surface area contributed by atoms with Crippen LogP contribution in [0.25, 0.3) is 0 Å². The zero-order valence-corrected chi connectivity index (χ0v) is 5.34. The predicted octanol–water partition coefficient (Wildman–Crippen LogP) is 0.939. The maximum atomic E-state index is 3.93. The number of hydrogen-bond donors (Lipinski definition) is 2. The molecule has 2 rings (SSSR count). The van der Waals surface area contributed by atoms with Crippen LogP contribution in [0, 0.1) is 0 Å². The quantitative estimate of drug-likeness (QED) is 0.533. The first-order chi connectivity index (χ1) is 3.97. The van der Waals surface area contributed by atoms with E-state index in [9.17, 15) is 0 Å². The summed E-state index contributed by atoms with van der Waals surface area (Å²) in [6.45, 7) is 0. The highest BCUT2D eigenvalue weighted by Gasteiger charge is 2.12. The Labute approximate surface area is 54.3 Å². The Morgan fingerprint density at radius 1 is 1.12 bits per heavy atom. The first kappa shape index (κ1) is 4.39. The Morgan fingerprint density at radius 2 is 1.75 bits per heavy atom. The summed E-state index contributed by atoms with van der Waals surface area (Å²) in [5.41, 5.74) is 0. The van der Waals surface area contributed by atoms with Gasteiger partial charge in [0.05, 0.1) is 23.9 Å². The zero-order valence-electron chi connectivity index (χ0n) is 3.71. The monoisotopic (exact) mass is 146 g/mol. The molecule has 1 aromatic rings. The Kier molecular flexibility index (Phi) is 0.820. The van der Waals surface area contributed by atoms with E-state index in [0.717, 1.165) is 11.6 Å². The number of rotatable bonds is 0. The highest BCUT2D eigenvalue weighted by Crippen LogP contribution is 2.29. The van der Waals surface area contributed by atoms with Crippen LogP contribution in [0.15, 0.2) is 0 Å². The van der Waals surface area contributed by atoms with E-state index < -0.39 is 0 Å². The molecule has 2 N–H and O–H groups in total. The van der Waals surface area contributed by atoms with Gasteiger partial charge in [-0.3, -0.25) is 9.44 Å². The van der Waals surface area contributed by atoms with Gasteiger partial charge in [-0.15, -0.1) is 0 Å². The molecule has 0 saturated carbocycles. The van der Waals surface area contributed by atoms with Crippen molar-refractivity contribution in [1.29, 1.82) is 0 Å². The second-order valence-corrected chi connectivity index (χ2v) is 2.41. The standard InChI is InChI=1S/C2H2N4S2/c3-1-2(5-7-3)6-8-4-1/h(H,3,4)(H,5,6). The minimum atomic E-state index is 0.847. The van der Waals surface area contributed by atoms with Crippen molar-refractivity contribution in [2.24, 2.45) is 0 Å². The minimum Gasteiger partial charge on any atom is -0.292 e. The van der Waals surface area contributed by atoms with Gasteiger partial charge in [-0.2, -0.15) is 8.75 Å². The predicted molar refractivity (Wildman–Crippen MR) is 34.7 cm³/mol. The largest absolute Gasteiger partial charge is 0.292 e. The average Bonchev–Trinajstić information content (AvgIpc) is 2.15. The molecule has 1 aromatic heterocycles. The molecule has 42 valence electrons. The number of aromatic nitrogens is 2. The van der Waals surface area contributed by atoms with Gasteiger partial charge >= 0.3 is 0 Å². The number of nitrogens with zero attached hydrogens (tertiary/aromatic N) is 2. The van der Waals surface area contributed by atoms with Gasteiger partial charge in [-0.25, -0.2) is 0 Å². The van der Waals surface area contributed by atoms with Gasteiger partial charge < -0.3 is 0 Å². The van der Waals surface area contributed by atoms with Gasteiger partial charge in [-0.05, 0) is 0 Å². The number of anilines is 2. The Balaban J connectivity index is 2.54. The summed E-state index contributed by atoms with van der Waals surface area (Å²) in [6, 6.07) is 0. The maximum Gasteiger partial charge on any atom is 0.196 e. The highest BCUT2D eigenvalue weighted by atomic mass is 32.2. The molecule has 0 aromatic carbocycles. The Morgan fingerprint density at radius 3 is 2.38 bits per heavy atom. The molecule has 1 aliphatic heterocycles. The van der Waals surface area contributed by atoms with Crippen LogP contribution < -0.4 is 9.44 Å². The van der Waals surface area contributed by atoms with Gasteiger partial charge in [0.25, 0.3) is 0 Å². The van der Waals surface area contributed by atoms with Crippen molar-refractivity contribution in [3.63, 3.8) is 0 Å². The normalized spacial score (nSPS) is 14.5. The number of hydrogen-bond acceptors (Lipinski definition) is 6. The van der Waals surface area contributed by atoms with Gasteiger partial charge in [0, 0.05) is 0 Å². The molecule has 0 unspecified atom stereocenters. The molecule has 0 radical (unpaired) electrons. The van der Waals surface area contributed by atoms with E-state index in [1.54, 1.807) is 0 Å². The Hall–Kier alpha value is -0.490. The van der Waals surface area contributed by atoms with E-state index in [1.165, 1.54) is 23.9 Å². The lowest BCUT2D eigenvalue weighted by Gasteiger charge is -1.82. The Bertz CT molecular complexity index is 177. The van der Waals surface area contributed by atoms with Gasteiger partial charge in [0.15, 0.2) is 11.6 Å². The van der Waals surface area contributed by atoms with Crippen molar-refractivity contribution < 1.29 is 0 Å². The van der Waals surface area contributed by atoms with E-state index >= 15 is 0 Å². The molecule has 0 saturated heterocycles. The average molecular weight is 146 g/mol. The summed E-state index contributed by atoms with van der Waals surface area (Å²) in [6.07, 6.45) is 0. The van der Waals surface area contributed by atoms with Gasteiger partial charge in [0.1, 0.15) is 0 Å². The van der Waals surface area contributed by atoms with E-state index in [1.807, 2.05) is 0 Å². The molecule has 0 aliphatic carbocycles. The lowest BCUT2D eigenvalue weighted by atomic mass is 10.7. The molecular weight excluding hydrogens is 144 g/mol. The third-order valence-electron chi connectivity index (χ3n) is 0.784. The molecule has 0 atom stereocenters. The highest BCUT2D eigenvalue weighted by molar-refractivity contribution is 8.02. The van der Waals surface area contributed by atoms with E-state index in [2.05, 4.69) is 18.2 Å². The van der Waals surface area contributed by atoms with Crippen molar-refractivity contribution in [2.75, 3.05) is 9.44 Å². The lowest BCUT2D eigenvalue weighted by Crippen LogP contribution is -1.78. The molecule has 0 fully saturated rings. The van der Waals surface area contributed by atoms with E-state index in [4.69, 9.17) is 0 Å². The SMILES string of the molecule is n1snc2c1NSN2. The van der Waals surface area contributed by atoms with E-state index in [0.29, 0.717) is 0 Å². The summed E-state index contributed by atoms with van der Waals surface area (Å²) in [5.74, 6) is 1.69. The van der Waals surface area contributed by atoms with Crippen LogP contribution in [0.4, 0.5) is 11.6 Å². The lowest BCUT2D eigenvalue weighted by molar-refractivity contribution is 1.55. The van der Waals surface area contributed by atoms with Crippen molar-refractivity contribution in [2.45, 2.75) is 0 Å². The molecule has 4 nitrogen and oxygen atoms in total. The summed E-state index contributed by atoms with van der Waals surface area (Å²) >= 11 is 2.59. The van der Waals surface area contributed by atoms with Gasteiger partial charge in [0.2, 0.25) is 0 Å². The molecule has 0 bridgehead atoms. The third-order valence-corrected chi connectivity index (χ3v) is 1.90. The molecular formula is C2H2N4S2. The van der Waals surface area contributed by atoms with Crippen molar-refractivity contribution in [3.8, 4) is 0 Å². The molecule has 0 spiro atoms. The fourth-order valence-electron chi connectivity index (χ4n) is 0.445. The molecule has 2 heterocycles. The van der Waals surface area contributed by atoms with Crippen LogP contribution in [-0.4, -0.2) is 8.75 Å². The number of nitrogens with one attached hydrogen (secondary N) is 2. The van der Waals surface area contributed by atoms with Crippen LogP contribution in [0.5, 0.6) is 0 Å². The molecule has 8 heavy (non-hydrogen) atoms. The summed E-state index contributed by atoms with van der Waals surface area (Å²) in [5, 5.41) is 0. The third kappa shape index (κ3) is 0.466. The number of fused-ring (bicyclic) bond motifs is 1. The topological polar surface area (TPSA) is 49.8 Å². The van der Waals surface area contributed by atoms with E-state index in [-0.39, 0.29) is 0 Å². The zero-order chi connectivity index (χ0) is 5.40. The molecule has 0 amide bonds. The van der Waals surface area contributed by atoms with Crippen molar-refractivity contribution in [3.05, 3.63) is 0 Å². The second-order valence-electron chi connectivity index (χ2n) is 1.27. The first-order valence-corrected chi connectivity index (χ1v) is 3.52. The minimum absolute atomic E-state index is 0.847. The summed E-state index contributed by atoms with van der Waals surface area (Å²) in [4.78, 5) is 0. The summed E-state index contributed by atoms with van der Waals surface area (Å²) < 4.78 is 13.7. The maximum absolute atomic E-state index is 3.93. The van der Waals surface area contributed by atoms with Crippen molar-refractivity contribution in [1.82, 2.24) is 8.75 Å². The van der Waals surface area contributed by atoms with Crippen LogP contribution >= 0.6 is 23.9 Å². The first-order valence-electron chi connectivity index (χ1n) is 1.97. The van der Waals surface area contributed by atoms with Crippen LogP contribution in [-0.2, 0) is 0 Å². The molecule has 1 aliphatic rings. The smallest absolute Gasteiger partial charge is 0.196 e. The second kappa shape index (κ2) is 1.49. The fourth-order valence-corrected chi connectivity index (χ4v) is 1.56. The molecule has 6 heteroatoms. The van der Waals surface area contributed by atoms with Crippen LogP contribution in [0.3, 0.4) is 0 Å². The summed E-state index contributed by atoms with van der Waals surface area (Å²) in [7, 11) is 0. The fraction of sp³-hybridized carbons (Fsp3) is 0. The van der Waals surface area contributed by atoms with Crippen LogP contribution in [0.2, 0.25) is 0 Å². The van der Waals surface area contributed by atoms with Gasteiger partial charge in [-0.1, -0.05) is 0 Å². The van der Waals surface area contributed by atoms with Crippen molar-refractivity contribution >= 4 is 35.5 Å².